The minimum Gasteiger partial charge on any atom is -0.441 e. The summed E-state index contributed by atoms with van der Waals surface area (Å²) in [5.74, 6) is 0.714. The Morgan fingerprint density at radius 1 is 1.37 bits per heavy atom. The molecule has 19 heavy (non-hydrogen) atoms. The van der Waals surface area contributed by atoms with Crippen molar-refractivity contribution in [3.8, 4) is 0 Å². The molecule has 2 rings (SSSR count). The first-order chi connectivity index (χ1) is 9.03. The van der Waals surface area contributed by atoms with Crippen molar-refractivity contribution in [3.63, 3.8) is 0 Å². The van der Waals surface area contributed by atoms with Gasteiger partial charge in [-0.25, -0.2) is 4.98 Å². The van der Waals surface area contributed by atoms with Crippen molar-refractivity contribution < 1.29 is 4.42 Å². The molecule has 1 aromatic carbocycles. The Morgan fingerprint density at radius 3 is 2.89 bits per heavy atom. The average molecular weight is 261 g/mol. The van der Waals surface area contributed by atoms with E-state index in [1.165, 1.54) is 5.56 Å². The molecule has 0 aliphatic carbocycles. The molecule has 4 nitrogen and oxygen atoms in total. The summed E-state index contributed by atoms with van der Waals surface area (Å²) in [5.41, 5.74) is 8.62. The Kier molecular flexibility index (Phi) is 4.22. The monoisotopic (exact) mass is 261 g/mol. The molecule has 0 unspecified atom stereocenters. The van der Waals surface area contributed by atoms with E-state index >= 15 is 0 Å². The van der Waals surface area contributed by atoms with Crippen molar-refractivity contribution >= 4 is 11.1 Å². The van der Waals surface area contributed by atoms with Crippen molar-refractivity contribution in [3.05, 3.63) is 29.7 Å². The standard InChI is InChI=1S/C15H23N3O/c1-11-18-13-9-12(5-6-14(13)19-11)15(2,3)10-17-8-4-7-16/h5-6,9,17H,4,7-8,10,16H2,1-3H3. The Bertz CT molecular complexity index is 545. The molecule has 0 aliphatic heterocycles. The Morgan fingerprint density at radius 2 is 2.16 bits per heavy atom. The van der Waals surface area contributed by atoms with E-state index in [-0.39, 0.29) is 5.41 Å². The lowest BCUT2D eigenvalue weighted by Gasteiger charge is -2.25. The van der Waals surface area contributed by atoms with Gasteiger partial charge in [0.15, 0.2) is 11.5 Å². The largest absolute Gasteiger partial charge is 0.441 e. The van der Waals surface area contributed by atoms with Crippen LogP contribution in [0.4, 0.5) is 0 Å². The minimum absolute atomic E-state index is 0.0651. The highest BCUT2D eigenvalue weighted by Crippen LogP contribution is 2.26. The zero-order valence-electron chi connectivity index (χ0n) is 12.0. The number of hydrogen-bond donors (Lipinski definition) is 2. The van der Waals surface area contributed by atoms with Gasteiger partial charge in [-0.15, -0.1) is 0 Å². The van der Waals surface area contributed by atoms with Crippen LogP contribution >= 0.6 is 0 Å². The molecule has 0 aliphatic rings. The van der Waals surface area contributed by atoms with Crippen molar-refractivity contribution in [1.29, 1.82) is 0 Å². The van der Waals surface area contributed by atoms with Crippen LogP contribution in [0.2, 0.25) is 0 Å². The summed E-state index contributed by atoms with van der Waals surface area (Å²) >= 11 is 0. The number of nitrogens with one attached hydrogen (secondary N) is 1. The van der Waals surface area contributed by atoms with E-state index in [0.29, 0.717) is 5.89 Å². The van der Waals surface area contributed by atoms with Crippen LogP contribution in [0.3, 0.4) is 0 Å². The minimum atomic E-state index is 0.0651. The molecule has 0 saturated carbocycles. The molecule has 0 amide bonds. The van der Waals surface area contributed by atoms with Gasteiger partial charge in [0, 0.05) is 18.9 Å². The first-order valence-electron chi connectivity index (χ1n) is 6.81. The van der Waals surface area contributed by atoms with E-state index in [2.05, 4.69) is 36.3 Å². The maximum Gasteiger partial charge on any atom is 0.192 e. The van der Waals surface area contributed by atoms with E-state index in [1.807, 2.05) is 13.0 Å². The average Bonchev–Trinajstić information content (AvgIpc) is 2.73. The fraction of sp³-hybridized carbons (Fsp3) is 0.533. The Labute approximate surface area is 114 Å². The van der Waals surface area contributed by atoms with Crippen LogP contribution in [-0.4, -0.2) is 24.6 Å². The second-order valence-corrected chi connectivity index (χ2v) is 5.62. The summed E-state index contributed by atoms with van der Waals surface area (Å²) in [4.78, 5) is 4.39. The number of nitrogens with two attached hydrogens (primary N) is 1. The number of nitrogens with zero attached hydrogens (tertiary/aromatic N) is 1. The fourth-order valence-corrected chi connectivity index (χ4v) is 2.19. The predicted octanol–water partition coefficient (Wildman–Crippen LogP) is 2.35. The van der Waals surface area contributed by atoms with Crippen LogP contribution in [0.1, 0.15) is 31.7 Å². The van der Waals surface area contributed by atoms with Gasteiger partial charge in [0.2, 0.25) is 0 Å². The second-order valence-electron chi connectivity index (χ2n) is 5.62. The van der Waals surface area contributed by atoms with Gasteiger partial charge in [0.25, 0.3) is 0 Å². The van der Waals surface area contributed by atoms with E-state index in [9.17, 15) is 0 Å². The number of hydrogen-bond acceptors (Lipinski definition) is 4. The molecule has 0 fully saturated rings. The maximum absolute atomic E-state index is 5.51. The molecule has 0 saturated heterocycles. The second kappa shape index (κ2) is 5.72. The predicted molar refractivity (Wildman–Crippen MR) is 78.3 cm³/mol. The number of rotatable bonds is 6. The van der Waals surface area contributed by atoms with Gasteiger partial charge in [-0.1, -0.05) is 19.9 Å². The normalized spacial score (nSPS) is 12.2. The lowest BCUT2D eigenvalue weighted by atomic mass is 9.84. The molecule has 0 bridgehead atoms. The third-order valence-corrected chi connectivity index (χ3v) is 3.40. The number of oxazole rings is 1. The van der Waals surface area contributed by atoms with Crippen molar-refractivity contribution in [2.45, 2.75) is 32.6 Å². The molecule has 0 radical (unpaired) electrons. The van der Waals surface area contributed by atoms with Gasteiger partial charge in [-0.05, 0) is 37.2 Å². The highest BCUT2D eigenvalue weighted by molar-refractivity contribution is 5.73. The molecule has 4 heteroatoms. The molecule has 104 valence electrons. The van der Waals surface area contributed by atoms with E-state index in [1.54, 1.807) is 0 Å². The molecule has 0 spiro atoms. The fourth-order valence-electron chi connectivity index (χ4n) is 2.19. The van der Waals surface area contributed by atoms with E-state index in [4.69, 9.17) is 10.2 Å². The summed E-state index contributed by atoms with van der Waals surface area (Å²) in [6, 6.07) is 6.25. The molecular weight excluding hydrogens is 238 g/mol. The quantitative estimate of drug-likeness (QED) is 0.783. The first kappa shape index (κ1) is 14.0. The Balaban J connectivity index is 2.12. The maximum atomic E-state index is 5.51. The SMILES string of the molecule is Cc1nc2cc(C(C)(C)CNCCCN)ccc2o1. The van der Waals surface area contributed by atoms with Gasteiger partial charge >= 0.3 is 0 Å². The van der Waals surface area contributed by atoms with Crippen LogP contribution in [0, 0.1) is 6.92 Å². The number of benzene rings is 1. The molecule has 1 aromatic heterocycles. The first-order valence-corrected chi connectivity index (χ1v) is 6.81. The van der Waals surface area contributed by atoms with Crippen molar-refractivity contribution in [1.82, 2.24) is 10.3 Å². The number of aryl methyl sites for hydroxylation is 1. The van der Waals surface area contributed by atoms with E-state index < -0.39 is 0 Å². The number of fused-ring (bicyclic) bond motifs is 1. The third-order valence-electron chi connectivity index (χ3n) is 3.40. The van der Waals surface area contributed by atoms with Gasteiger partial charge in [-0.2, -0.15) is 0 Å². The van der Waals surface area contributed by atoms with Crippen molar-refractivity contribution in [2.24, 2.45) is 5.73 Å². The number of aromatic nitrogens is 1. The lowest BCUT2D eigenvalue weighted by molar-refractivity contribution is 0.467. The van der Waals surface area contributed by atoms with E-state index in [0.717, 1.165) is 37.2 Å². The van der Waals surface area contributed by atoms with Crippen LogP contribution in [-0.2, 0) is 5.41 Å². The molecule has 0 atom stereocenters. The third kappa shape index (κ3) is 3.33. The summed E-state index contributed by atoms with van der Waals surface area (Å²) in [5, 5.41) is 3.45. The van der Waals surface area contributed by atoms with Gasteiger partial charge in [0.05, 0.1) is 0 Å². The molecule has 1 heterocycles. The van der Waals surface area contributed by atoms with Gasteiger partial charge < -0.3 is 15.5 Å². The summed E-state index contributed by atoms with van der Waals surface area (Å²) in [6.07, 6.45) is 1.01. The molecule has 2 aromatic rings. The van der Waals surface area contributed by atoms with Gasteiger partial charge in [-0.3, -0.25) is 0 Å². The summed E-state index contributed by atoms with van der Waals surface area (Å²) < 4.78 is 5.51. The summed E-state index contributed by atoms with van der Waals surface area (Å²) in [7, 11) is 0. The highest BCUT2D eigenvalue weighted by Gasteiger charge is 2.21. The molecular formula is C15H23N3O. The lowest BCUT2D eigenvalue weighted by Crippen LogP contribution is -2.34. The zero-order valence-corrected chi connectivity index (χ0v) is 12.0. The van der Waals surface area contributed by atoms with Crippen LogP contribution in [0.5, 0.6) is 0 Å². The van der Waals surface area contributed by atoms with Crippen LogP contribution in [0.25, 0.3) is 11.1 Å². The topological polar surface area (TPSA) is 64.1 Å². The zero-order chi connectivity index (χ0) is 13.9. The van der Waals surface area contributed by atoms with Crippen LogP contribution < -0.4 is 11.1 Å². The summed E-state index contributed by atoms with van der Waals surface area (Å²) in [6.45, 7) is 8.96. The Hall–Kier alpha value is -1.39. The highest BCUT2D eigenvalue weighted by atomic mass is 16.3. The molecule has 3 N–H and O–H groups in total. The van der Waals surface area contributed by atoms with Crippen LogP contribution in [0.15, 0.2) is 22.6 Å². The smallest absolute Gasteiger partial charge is 0.192 e. The van der Waals surface area contributed by atoms with Gasteiger partial charge in [0.1, 0.15) is 5.52 Å². The van der Waals surface area contributed by atoms with Crippen molar-refractivity contribution in [2.75, 3.05) is 19.6 Å².